The largest absolute Gasteiger partial charge is 0.472 e. The van der Waals surface area contributed by atoms with Gasteiger partial charge in [-0.2, -0.15) is 0 Å². The van der Waals surface area contributed by atoms with E-state index in [9.17, 15) is 19.0 Å². The van der Waals surface area contributed by atoms with E-state index >= 15 is 0 Å². The van der Waals surface area contributed by atoms with Crippen molar-refractivity contribution in [2.24, 2.45) is 5.73 Å². The van der Waals surface area contributed by atoms with Gasteiger partial charge < -0.3 is 20.1 Å². The summed E-state index contributed by atoms with van der Waals surface area (Å²) in [4.78, 5) is 34.9. The smallest absolute Gasteiger partial charge is 0.462 e. The van der Waals surface area contributed by atoms with E-state index in [2.05, 4.69) is 74.6 Å². The third-order valence-electron chi connectivity index (χ3n) is 10.2. The van der Waals surface area contributed by atoms with Crippen LogP contribution in [0.3, 0.4) is 0 Å². The summed E-state index contributed by atoms with van der Waals surface area (Å²) in [7, 11) is -4.38. The van der Waals surface area contributed by atoms with Gasteiger partial charge in [0.1, 0.15) is 6.61 Å². The highest BCUT2D eigenvalue weighted by molar-refractivity contribution is 7.47. The van der Waals surface area contributed by atoms with Gasteiger partial charge in [0.05, 0.1) is 13.2 Å². The van der Waals surface area contributed by atoms with Crippen LogP contribution in [0.25, 0.3) is 0 Å². The summed E-state index contributed by atoms with van der Waals surface area (Å²) in [6.45, 7) is 3.62. The Morgan fingerprint density at radius 2 is 0.917 bits per heavy atom. The Hall–Kier alpha value is -2.29. The lowest BCUT2D eigenvalue weighted by Crippen LogP contribution is -2.29. The van der Waals surface area contributed by atoms with E-state index in [0.29, 0.717) is 6.42 Å². The van der Waals surface area contributed by atoms with E-state index in [4.69, 9.17) is 24.3 Å². The molecule has 9 nitrogen and oxygen atoms in total. The number of ether oxygens (including phenoxy) is 2. The molecule has 0 aliphatic rings. The number of allylic oxidation sites excluding steroid dienone is 10. The molecule has 0 amide bonds. The van der Waals surface area contributed by atoms with Crippen LogP contribution >= 0.6 is 7.82 Å². The molecule has 0 heterocycles. The summed E-state index contributed by atoms with van der Waals surface area (Å²) in [5.41, 5.74) is 5.36. The zero-order valence-corrected chi connectivity index (χ0v) is 39.3. The first-order chi connectivity index (χ1) is 29.3. The van der Waals surface area contributed by atoms with E-state index in [1.54, 1.807) is 0 Å². The second kappa shape index (κ2) is 46.2. The van der Waals surface area contributed by atoms with Crippen LogP contribution in [-0.2, 0) is 32.7 Å². The van der Waals surface area contributed by atoms with Crippen molar-refractivity contribution < 1.29 is 37.6 Å². The lowest BCUT2D eigenvalue weighted by molar-refractivity contribution is -0.161. The fraction of sp³-hybridized carbons (Fsp3) is 0.760. The zero-order chi connectivity index (χ0) is 43.9. The maximum absolute atomic E-state index is 12.6. The summed E-state index contributed by atoms with van der Waals surface area (Å²) in [5, 5.41) is 0. The van der Waals surface area contributed by atoms with Crippen LogP contribution in [-0.4, -0.2) is 49.3 Å². The highest BCUT2D eigenvalue weighted by Gasteiger charge is 2.26. The van der Waals surface area contributed by atoms with Crippen LogP contribution in [0.2, 0.25) is 0 Å². The van der Waals surface area contributed by atoms with Gasteiger partial charge in [-0.1, -0.05) is 203 Å². The molecule has 0 radical (unpaired) electrons. The Balaban J connectivity index is 4.02. The third kappa shape index (κ3) is 45.2. The van der Waals surface area contributed by atoms with E-state index in [-0.39, 0.29) is 38.6 Å². The first kappa shape index (κ1) is 57.7. The standard InChI is InChI=1S/C50H90NO8P/c1-3-5-7-9-11-13-15-17-18-19-20-21-22-23-24-25-26-27-28-29-30-31-33-35-37-39-41-43-50(53)59-48(47-58-60(54,55)57-45-44-51)46-56-49(52)42-40-38-36-34-32-16-14-12-10-8-6-4-2/h5,7,11,13,17-18,20-21,23-24,48H,3-4,6,8-10,12,14-16,19,22,25-47,51H2,1-2H3,(H,54,55)/b7-5-,13-11-,18-17-,21-20-,24-23-. The van der Waals surface area contributed by atoms with Gasteiger partial charge >= 0.3 is 19.8 Å². The Bertz CT molecular complexity index is 1170. The number of hydrogen-bond donors (Lipinski definition) is 2. The number of carbonyl (C=O) groups is 2. The van der Waals surface area contributed by atoms with Crippen molar-refractivity contribution in [2.45, 2.75) is 219 Å². The molecule has 0 spiro atoms. The zero-order valence-electron chi connectivity index (χ0n) is 38.4. The quantitative estimate of drug-likeness (QED) is 0.0265. The minimum Gasteiger partial charge on any atom is -0.462 e. The number of phosphoric ester groups is 1. The molecule has 0 aliphatic carbocycles. The predicted octanol–water partition coefficient (Wildman–Crippen LogP) is 14.4. The monoisotopic (exact) mass is 864 g/mol. The van der Waals surface area contributed by atoms with Gasteiger partial charge in [-0.25, -0.2) is 4.57 Å². The number of phosphoric acid groups is 1. The van der Waals surface area contributed by atoms with Crippen molar-refractivity contribution in [3.8, 4) is 0 Å². The fourth-order valence-electron chi connectivity index (χ4n) is 6.60. The summed E-state index contributed by atoms with van der Waals surface area (Å²) < 4.78 is 32.8. The molecule has 0 aromatic heterocycles. The lowest BCUT2D eigenvalue weighted by Gasteiger charge is -2.19. The summed E-state index contributed by atoms with van der Waals surface area (Å²) >= 11 is 0. The average molecular weight is 864 g/mol. The number of hydrogen-bond acceptors (Lipinski definition) is 8. The molecule has 3 N–H and O–H groups in total. The Kier molecular flexibility index (Phi) is 44.5. The summed E-state index contributed by atoms with van der Waals surface area (Å²) in [6, 6.07) is 0. The summed E-state index contributed by atoms with van der Waals surface area (Å²) in [6.07, 6.45) is 55.4. The number of nitrogens with two attached hydrogens (primary N) is 1. The van der Waals surface area contributed by atoms with E-state index < -0.39 is 26.5 Å². The van der Waals surface area contributed by atoms with Crippen molar-refractivity contribution in [3.05, 3.63) is 60.8 Å². The van der Waals surface area contributed by atoms with Crippen LogP contribution in [0.15, 0.2) is 60.8 Å². The van der Waals surface area contributed by atoms with Crippen LogP contribution < -0.4 is 5.73 Å². The number of rotatable bonds is 45. The molecule has 0 saturated heterocycles. The van der Waals surface area contributed by atoms with Crippen molar-refractivity contribution in [3.63, 3.8) is 0 Å². The highest BCUT2D eigenvalue weighted by atomic mass is 31.2. The molecule has 0 saturated carbocycles. The molecule has 0 aromatic carbocycles. The predicted molar refractivity (Wildman–Crippen MR) is 252 cm³/mol. The van der Waals surface area contributed by atoms with Gasteiger partial charge in [0.2, 0.25) is 0 Å². The van der Waals surface area contributed by atoms with Gasteiger partial charge in [0.25, 0.3) is 0 Å². The number of esters is 2. The maximum atomic E-state index is 12.6. The number of unbranched alkanes of at least 4 members (excludes halogenated alkanes) is 22. The molecular weight excluding hydrogens is 774 g/mol. The molecule has 10 heteroatoms. The van der Waals surface area contributed by atoms with Gasteiger partial charge in [-0.05, 0) is 57.8 Å². The Labute approximate surface area is 368 Å². The minimum atomic E-state index is -4.38. The SMILES string of the molecule is CC/C=C\C/C=C\C/C=C\C/C=C\C/C=C\CCCCCCCCCCCCCC(=O)OC(COC(=O)CCCCCCCCCCCCCC)COP(=O)(O)OCCN. The molecule has 2 unspecified atom stereocenters. The van der Waals surface area contributed by atoms with Crippen LogP contribution in [0, 0.1) is 0 Å². The molecular formula is C50H90NO8P. The topological polar surface area (TPSA) is 134 Å². The molecule has 0 aromatic rings. The first-order valence-electron chi connectivity index (χ1n) is 24.3. The first-order valence-corrected chi connectivity index (χ1v) is 25.8. The molecule has 0 rings (SSSR count). The maximum Gasteiger partial charge on any atom is 0.472 e. The fourth-order valence-corrected chi connectivity index (χ4v) is 7.37. The molecule has 348 valence electrons. The van der Waals surface area contributed by atoms with Gasteiger partial charge in [-0.3, -0.25) is 18.6 Å². The van der Waals surface area contributed by atoms with Crippen LogP contribution in [0.5, 0.6) is 0 Å². The van der Waals surface area contributed by atoms with Crippen LogP contribution in [0.4, 0.5) is 0 Å². The average Bonchev–Trinajstić information content (AvgIpc) is 3.24. The molecule has 0 fully saturated rings. The van der Waals surface area contributed by atoms with Crippen molar-refractivity contribution in [2.75, 3.05) is 26.4 Å². The Morgan fingerprint density at radius 3 is 1.37 bits per heavy atom. The van der Waals surface area contributed by atoms with Crippen molar-refractivity contribution >= 4 is 19.8 Å². The van der Waals surface area contributed by atoms with Crippen LogP contribution in [0.1, 0.15) is 213 Å². The van der Waals surface area contributed by atoms with Gasteiger partial charge in [0.15, 0.2) is 6.10 Å². The minimum absolute atomic E-state index is 0.0521. The Morgan fingerprint density at radius 1 is 0.517 bits per heavy atom. The highest BCUT2D eigenvalue weighted by Crippen LogP contribution is 2.43. The molecule has 0 aliphatic heterocycles. The van der Waals surface area contributed by atoms with Gasteiger partial charge in [0, 0.05) is 19.4 Å². The third-order valence-corrected chi connectivity index (χ3v) is 11.2. The molecule has 2 atom stereocenters. The van der Waals surface area contributed by atoms with E-state index in [0.717, 1.165) is 77.0 Å². The lowest BCUT2D eigenvalue weighted by atomic mass is 10.0. The molecule has 0 bridgehead atoms. The second-order valence-electron chi connectivity index (χ2n) is 16.0. The van der Waals surface area contributed by atoms with Crippen molar-refractivity contribution in [1.29, 1.82) is 0 Å². The molecule has 60 heavy (non-hydrogen) atoms. The van der Waals surface area contributed by atoms with Crippen molar-refractivity contribution in [1.82, 2.24) is 0 Å². The summed E-state index contributed by atoms with van der Waals surface area (Å²) in [5.74, 6) is -0.829. The van der Waals surface area contributed by atoms with E-state index in [1.165, 1.54) is 103 Å². The van der Waals surface area contributed by atoms with E-state index in [1.807, 2.05) is 0 Å². The van der Waals surface area contributed by atoms with Gasteiger partial charge in [-0.15, -0.1) is 0 Å². The normalized spacial score (nSPS) is 13.7. The number of carbonyl (C=O) groups excluding carboxylic acids is 2. The second-order valence-corrected chi connectivity index (χ2v) is 17.4.